The molecule has 0 heterocycles. The van der Waals surface area contributed by atoms with E-state index in [1.807, 2.05) is 13.8 Å². The van der Waals surface area contributed by atoms with Gasteiger partial charge in [-0.05, 0) is 74.4 Å². The second-order valence-corrected chi connectivity index (χ2v) is 11.4. The molecule has 0 fully saturated rings. The fourth-order valence-electron chi connectivity index (χ4n) is 4.02. The largest absolute Gasteiger partial charge is 0.497 e. The number of halogens is 1. The highest BCUT2D eigenvalue weighted by molar-refractivity contribution is 7.92. The summed E-state index contributed by atoms with van der Waals surface area (Å²) in [6.45, 7) is 5.33. The summed E-state index contributed by atoms with van der Waals surface area (Å²) in [7, 11) is -2.67. The lowest BCUT2D eigenvalue weighted by molar-refractivity contribution is -0.139. The minimum absolute atomic E-state index is 0.0114. The van der Waals surface area contributed by atoms with E-state index in [0.717, 1.165) is 22.7 Å². The molecule has 3 aromatic rings. The fraction of sp³-hybridized carbons (Fsp3) is 0.333. The number of carbonyl (C=O) groups excluding carboxylic acids is 2. The number of aryl methyl sites for hydroxylation is 1. The van der Waals surface area contributed by atoms with Gasteiger partial charge in [-0.15, -0.1) is 0 Å². The van der Waals surface area contributed by atoms with Crippen molar-refractivity contribution in [3.05, 3.63) is 89.7 Å². The summed E-state index contributed by atoms with van der Waals surface area (Å²) < 4.78 is 47.5. The van der Waals surface area contributed by atoms with E-state index in [0.29, 0.717) is 17.9 Å². The zero-order valence-electron chi connectivity index (χ0n) is 23.3. The molecule has 1 atom stereocenters. The monoisotopic (exact) mass is 569 g/mol. The Hall–Kier alpha value is -3.92. The Morgan fingerprint density at radius 2 is 1.60 bits per heavy atom. The number of amides is 2. The Labute approximate surface area is 235 Å². The minimum atomic E-state index is -4.17. The predicted molar refractivity (Wildman–Crippen MR) is 153 cm³/mol. The molecule has 0 saturated heterocycles. The van der Waals surface area contributed by atoms with Crippen molar-refractivity contribution in [3.63, 3.8) is 0 Å². The summed E-state index contributed by atoms with van der Waals surface area (Å²) in [4.78, 5) is 28.2. The van der Waals surface area contributed by atoms with Crippen molar-refractivity contribution in [1.82, 2.24) is 10.2 Å². The summed E-state index contributed by atoms with van der Waals surface area (Å²) in [5, 5.41) is 2.83. The first-order valence-electron chi connectivity index (χ1n) is 13.1. The number of anilines is 1. The van der Waals surface area contributed by atoms with Crippen LogP contribution in [0.15, 0.2) is 77.7 Å². The van der Waals surface area contributed by atoms with Crippen LogP contribution in [0.25, 0.3) is 0 Å². The zero-order valence-corrected chi connectivity index (χ0v) is 24.1. The number of nitrogens with zero attached hydrogens (tertiary/aromatic N) is 2. The fourth-order valence-corrected chi connectivity index (χ4v) is 5.43. The minimum Gasteiger partial charge on any atom is -0.497 e. The van der Waals surface area contributed by atoms with Crippen LogP contribution in [-0.4, -0.2) is 51.4 Å². The maximum atomic E-state index is 13.9. The molecule has 214 valence electrons. The van der Waals surface area contributed by atoms with Gasteiger partial charge in [0.15, 0.2) is 0 Å². The van der Waals surface area contributed by atoms with Gasteiger partial charge in [-0.2, -0.15) is 0 Å². The molecule has 1 N–H and O–H groups in total. The maximum absolute atomic E-state index is 13.9. The number of hydrogen-bond donors (Lipinski definition) is 1. The molecule has 40 heavy (non-hydrogen) atoms. The van der Waals surface area contributed by atoms with Crippen molar-refractivity contribution in [2.24, 2.45) is 0 Å². The third-order valence-corrected chi connectivity index (χ3v) is 8.30. The Morgan fingerprint density at radius 3 is 2.17 bits per heavy atom. The molecule has 3 aromatic carbocycles. The van der Waals surface area contributed by atoms with Crippen LogP contribution in [0.2, 0.25) is 0 Å². The summed E-state index contributed by atoms with van der Waals surface area (Å²) in [6.07, 6.45) is 1.67. The molecule has 0 aliphatic heterocycles. The zero-order chi connectivity index (χ0) is 29.3. The highest BCUT2D eigenvalue weighted by Crippen LogP contribution is 2.27. The van der Waals surface area contributed by atoms with Gasteiger partial charge in [-0.25, -0.2) is 12.8 Å². The van der Waals surface area contributed by atoms with Crippen molar-refractivity contribution in [2.45, 2.75) is 51.1 Å². The van der Waals surface area contributed by atoms with E-state index in [9.17, 15) is 22.4 Å². The van der Waals surface area contributed by atoms with E-state index in [4.69, 9.17) is 4.74 Å². The lowest BCUT2D eigenvalue weighted by Crippen LogP contribution is -2.51. The molecule has 0 unspecified atom stereocenters. The third-order valence-electron chi connectivity index (χ3n) is 6.51. The average molecular weight is 570 g/mol. The molecule has 2 amide bonds. The van der Waals surface area contributed by atoms with Gasteiger partial charge >= 0.3 is 0 Å². The molecule has 0 bridgehead atoms. The number of ether oxygens (including phenoxy) is 1. The molecule has 0 saturated carbocycles. The van der Waals surface area contributed by atoms with Crippen molar-refractivity contribution in [3.8, 4) is 5.75 Å². The Bertz CT molecular complexity index is 1380. The van der Waals surface area contributed by atoms with E-state index in [2.05, 4.69) is 5.32 Å². The maximum Gasteiger partial charge on any atom is 0.264 e. The van der Waals surface area contributed by atoms with Crippen molar-refractivity contribution >= 4 is 27.5 Å². The quantitative estimate of drug-likeness (QED) is 0.302. The number of unbranched alkanes of at least 4 members (excludes halogenated alkanes) is 1. The van der Waals surface area contributed by atoms with Crippen LogP contribution in [-0.2, 0) is 26.2 Å². The average Bonchev–Trinajstić information content (AvgIpc) is 2.95. The van der Waals surface area contributed by atoms with Crippen LogP contribution < -0.4 is 14.4 Å². The van der Waals surface area contributed by atoms with Gasteiger partial charge in [0.1, 0.15) is 24.2 Å². The van der Waals surface area contributed by atoms with E-state index < -0.39 is 34.3 Å². The third kappa shape index (κ3) is 7.81. The molecule has 0 aromatic heterocycles. The van der Waals surface area contributed by atoms with Crippen LogP contribution in [0, 0.1) is 12.7 Å². The number of benzene rings is 3. The van der Waals surface area contributed by atoms with Crippen LogP contribution in [0.5, 0.6) is 5.75 Å². The van der Waals surface area contributed by atoms with Crippen LogP contribution in [0.4, 0.5) is 10.1 Å². The predicted octanol–water partition coefficient (Wildman–Crippen LogP) is 4.67. The van der Waals surface area contributed by atoms with E-state index in [1.165, 1.54) is 48.4 Å². The molecule has 10 heteroatoms. The summed E-state index contributed by atoms with van der Waals surface area (Å²) >= 11 is 0. The number of hydrogen-bond acceptors (Lipinski definition) is 5. The lowest BCUT2D eigenvalue weighted by Gasteiger charge is -2.32. The summed E-state index contributed by atoms with van der Waals surface area (Å²) in [6, 6.07) is 17.4. The highest BCUT2D eigenvalue weighted by Gasteiger charge is 2.32. The number of methoxy groups -OCH3 is 1. The Balaban J connectivity index is 1.99. The van der Waals surface area contributed by atoms with Gasteiger partial charge in [-0.3, -0.25) is 13.9 Å². The first-order valence-corrected chi connectivity index (χ1v) is 14.6. The van der Waals surface area contributed by atoms with E-state index in [1.54, 1.807) is 43.3 Å². The van der Waals surface area contributed by atoms with E-state index in [-0.39, 0.29) is 23.0 Å². The second-order valence-electron chi connectivity index (χ2n) is 9.49. The van der Waals surface area contributed by atoms with E-state index >= 15 is 0 Å². The highest BCUT2D eigenvalue weighted by atomic mass is 32.2. The van der Waals surface area contributed by atoms with Crippen molar-refractivity contribution in [1.29, 1.82) is 0 Å². The van der Waals surface area contributed by atoms with Crippen molar-refractivity contribution < 1.29 is 27.1 Å². The number of sulfonamides is 1. The number of rotatable bonds is 13. The molecule has 0 spiro atoms. The van der Waals surface area contributed by atoms with Crippen LogP contribution >= 0.6 is 0 Å². The van der Waals surface area contributed by atoms with Gasteiger partial charge < -0.3 is 15.0 Å². The molecule has 0 aliphatic rings. The Kier molecular flexibility index (Phi) is 10.7. The van der Waals surface area contributed by atoms with Crippen LogP contribution in [0.1, 0.15) is 37.8 Å². The first kappa shape index (κ1) is 30.6. The molecular formula is C30H36FN3O5S. The van der Waals surface area contributed by atoms with Gasteiger partial charge in [0.25, 0.3) is 10.0 Å². The number of nitrogens with one attached hydrogen (secondary N) is 1. The van der Waals surface area contributed by atoms with Crippen LogP contribution in [0.3, 0.4) is 0 Å². The number of carbonyl (C=O) groups is 2. The first-order chi connectivity index (χ1) is 19.1. The standard InChI is InChI=1S/C30H36FN3O5S/c1-5-6-19-32-30(36)23(3)33(20-24-9-11-25(31)12-10-24)29(35)21-34(26-13-15-27(39-4)16-14-26)40(37,38)28-17-7-22(2)8-18-28/h7-18,23H,5-6,19-21H2,1-4H3,(H,32,36)/t23-/m1/s1. The summed E-state index contributed by atoms with van der Waals surface area (Å²) in [5.41, 5.74) is 1.75. The molecule has 8 nitrogen and oxygen atoms in total. The second kappa shape index (κ2) is 13.9. The Morgan fingerprint density at radius 1 is 0.975 bits per heavy atom. The van der Waals surface area contributed by atoms with Gasteiger partial charge in [-0.1, -0.05) is 43.2 Å². The SMILES string of the molecule is CCCCNC(=O)[C@@H](C)N(Cc1ccc(F)cc1)C(=O)CN(c1ccc(OC)cc1)S(=O)(=O)c1ccc(C)cc1. The molecule has 0 radical (unpaired) electrons. The molecule has 0 aliphatic carbocycles. The smallest absolute Gasteiger partial charge is 0.264 e. The van der Waals surface area contributed by atoms with Crippen molar-refractivity contribution in [2.75, 3.05) is 24.5 Å². The van der Waals surface area contributed by atoms with Gasteiger partial charge in [0.05, 0.1) is 17.7 Å². The van der Waals surface area contributed by atoms with Gasteiger partial charge in [0.2, 0.25) is 11.8 Å². The molecular weight excluding hydrogens is 533 g/mol. The summed E-state index contributed by atoms with van der Waals surface area (Å²) in [5.74, 6) is -0.852. The molecule has 3 rings (SSSR count). The van der Waals surface area contributed by atoms with Gasteiger partial charge in [0, 0.05) is 13.1 Å². The normalized spacial score (nSPS) is 11.9. The lowest BCUT2D eigenvalue weighted by atomic mass is 10.1. The topological polar surface area (TPSA) is 96.0 Å².